The third-order valence-electron chi connectivity index (χ3n) is 1.93. The first-order valence-corrected chi connectivity index (χ1v) is 4.89. The van der Waals surface area contributed by atoms with Gasteiger partial charge in [-0.25, -0.2) is 0 Å². The predicted molar refractivity (Wildman–Crippen MR) is 66.7 cm³/mol. The highest BCUT2D eigenvalue weighted by atomic mass is 16.6. The lowest BCUT2D eigenvalue weighted by atomic mass is 10.2. The highest BCUT2D eigenvalue weighted by Crippen LogP contribution is 2.28. The molecule has 1 aromatic carbocycles. The number of hydrogen-bond donors (Lipinski definition) is 1. The summed E-state index contributed by atoms with van der Waals surface area (Å²) in [4.78, 5) is 19.9. The Hall–Kier alpha value is -2.77. The van der Waals surface area contributed by atoms with E-state index >= 15 is 0 Å². The van der Waals surface area contributed by atoms with Crippen molar-refractivity contribution < 1.29 is 9.85 Å². The standard InChI is InChI=1S/C10H10N4O4/c1-2-3-6-11-12-9-5-4-8(13(15)16)7-10(9)14(17)18/h2-7,12H,1H3/b3-2+,11-6-. The summed E-state index contributed by atoms with van der Waals surface area (Å²) in [6.45, 7) is 1.79. The number of nitrogens with zero attached hydrogens (tertiary/aromatic N) is 3. The molecule has 0 radical (unpaired) electrons. The van der Waals surface area contributed by atoms with Gasteiger partial charge >= 0.3 is 5.69 Å². The zero-order chi connectivity index (χ0) is 13.5. The quantitative estimate of drug-likeness (QED) is 0.490. The lowest BCUT2D eigenvalue weighted by Crippen LogP contribution is -1.98. The summed E-state index contributed by atoms with van der Waals surface area (Å²) >= 11 is 0. The van der Waals surface area contributed by atoms with Gasteiger partial charge in [-0.05, 0) is 19.1 Å². The summed E-state index contributed by atoms with van der Waals surface area (Å²) in [5.41, 5.74) is 1.79. The van der Waals surface area contributed by atoms with Crippen LogP contribution in [-0.2, 0) is 0 Å². The number of non-ortho nitro benzene ring substituents is 1. The van der Waals surface area contributed by atoms with Crippen LogP contribution < -0.4 is 5.43 Å². The van der Waals surface area contributed by atoms with Crippen molar-refractivity contribution in [2.45, 2.75) is 6.92 Å². The number of hydrogen-bond acceptors (Lipinski definition) is 6. The van der Waals surface area contributed by atoms with E-state index in [-0.39, 0.29) is 11.4 Å². The molecule has 1 N–H and O–H groups in total. The molecule has 0 atom stereocenters. The highest BCUT2D eigenvalue weighted by molar-refractivity contribution is 5.73. The van der Waals surface area contributed by atoms with Crippen LogP contribution in [0.1, 0.15) is 6.92 Å². The first-order valence-electron chi connectivity index (χ1n) is 4.89. The second-order valence-electron chi connectivity index (χ2n) is 3.13. The Balaban J connectivity index is 3.04. The third-order valence-corrected chi connectivity index (χ3v) is 1.93. The Labute approximate surface area is 102 Å². The molecule has 0 saturated heterocycles. The van der Waals surface area contributed by atoms with Crippen LogP contribution in [0.2, 0.25) is 0 Å². The number of nitrogens with one attached hydrogen (secondary N) is 1. The topological polar surface area (TPSA) is 111 Å². The maximum atomic E-state index is 10.8. The van der Waals surface area contributed by atoms with Crippen LogP contribution in [0.3, 0.4) is 0 Å². The van der Waals surface area contributed by atoms with Crippen molar-refractivity contribution in [2.24, 2.45) is 5.10 Å². The normalized spacial score (nSPS) is 10.9. The van der Waals surface area contributed by atoms with E-state index in [1.54, 1.807) is 19.1 Å². The van der Waals surface area contributed by atoms with E-state index in [0.29, 0.717) is 0 Å². The van der Waals surface area contributed by atoms with Gasteiger partial charge in [0.15, 0.2) is 0 Å². The zero-order valence-electron chi connectivity index (χ0n) is 9.44. The Kier molecular flexibility index (Phi) is 4.50. The third kappa shape index (κ3) is 3.37. The smallest absolute Gasteiger partial charge is 0.272 e. The average Bonchev–Trinajstić information content (AvgIpc) is 2.34. The van der Waals surface area contributed by atoms with Crippen molar-refractivity contribution in [3.05, 3.63) is 50.6 Å². The average molecular weight is 250 g/mol. The minimum Gasteiger partial charge on any atom is -0.272 e. The van der Waals surface area contributed by atoms with Gasteiger partial charge in [0, 0.05) is 12.3 Å². The molecule has 8 nitrogen and oxygen atoms in total. The van der Waals surface area contributed by atoms with Crippen molar-refractivity contribution in [3.63, 3.8) is 0 Å². The molecular formula is C10H10N4O4. The number of allylic oxidation sites excluding steroid dienone is 2. The second kappa shape index (κ2) is 6.09. The maximum Gasteiger partial charge on any atom is 0.301 e. The van der Waals surface area contributed by atoms with Gasteiger partial charge in [0.1, 0.15) is 5.69 Å². The van der Waals surface area contributed by atoms with Crippen LogP contribution in [0.15, 0.2) is 35.5 Å². The van der Waals surface area contributed by atoms with E-state index in [4.69, 9.17) is 0 Å². The van der Waals surface area contributed by atoms with Crippen LogP contribution in [0.4, 0.5) is 17.1 Å². The molecule has 1 aromatic rings. The van der Waals surface area contributed by atoms with Crippen LogP contribution in [0.25, 0.3) is 0 Å². The highest BCUT2D eigenvalue weighted by Gasteiger charge is 2.18. The van der Waals surface area contributed by atoms with Crippen molar-refractivity contribution in [3.8, 4) is 0 Å². The maximum absolute atomic E-state index is 10.8. The number of hydrazone groups is 1. The Bertz CT molecular complexity index is 525. The Morgan fingerprint density at radius 3 is 2.56 bits per heavy atom. The first kappa shape index (κ1) is 13.3. The van der Waals surface area contributed by atoms with E-state index in [9.17, 15) is 20.2 Å². The molecule has 94 valence electrons. The van der Waals surface area contributed by atoms with Gasteiger partial charge in [-0.2, -0.15) is 5.10 Å². The molecule has 0 unspecified atom stereocenters. The number of benzene rings is 1. The molecule has 18 heavy (non-hydrogen) atoms. The van der Waals surface area contributed by atoms with Gasteiger partial charge in [0.25, 0.3) is 5.69 Å². The summed E-state index contributed by atoms with van der Waals surface area (Å²) in [6, 6.07) is 3.29. The Morgan fingerprint density at radius 1 is 1.28 bits per heavy atom. The number of nitro groups is 2. The fourth-order valence-electron chi connectivity index (χ4n) is 1.12. The van der Waals surface area contributed by atoms with Crippen molar-refractivity contribution in [2.75, 3.05) is 5.43 Å². The minimum absolute atomic E-state index is 0.0892. The van der Waals surface area contributed by atoms with Gasteiger partial charge in [-0.3, -0.25) is 25.7 Å². The summed E-state index contributed by atoms with van der Waals surface area (Å²) in [5.74, 6) is 0. The van der Waals surface area contributed by atoms with Gasteiger partial charge < -0.3 is 0 Å². The molecule has 0 spiro atoms. The van der Waals surface area contributed by atoms with Crippen LogP contribution >= 0.6 is 0 Å². The van der Waals surface area contributed by atoms with Crippen LogP contribution in [-0.4, -0.2) is 16.1 Å². The van der Waals surface area contributed by atoms with E-state index in [1.165, 1.54) is 18.3 Å². The van der Waals surface area contributed by atoms with Crippen LogP contribution in [0, 0.1) is 20.2 Å². The summed E-state index contributed by atoms with van der Waals surface area (Å²) in [7, 11) is 0. The molecule has 1 rings (SSSR count). The molecule has 8 heteroatoms. The summed E-state index contributed by atoms with van der Waals surface area (Å²) in [6.07, 6.45) is 4.77. The number of rotatable bonds is 5. The van der Waals surface area contributed by atoms with Crippen molar-refractivity contribution in [1.29, 1.82) is 0 Å². The SMILES string of the molecule is C/C=C/C=N\Nc1ccc([N+](=O)[O-])cc1[N+](=O)[O-]. The molecule has 0 aliphatic heterocycles. The summed E-state index contributed by atoms with van der Waals surface area (Å²) < 4.78 is 0. The molecule has 0 aliphatic carbocycles. The van der Waals surface area contributed by atoms with Crippen LogP contribution in [0.5, 0.6) is 0 Å². The van der Waals surface area contributed by atoms with Gasteiger partial charge in [0.2, 0.25) is 0 Å². The van der Waals surface area contributed by atoms with Crippen molar-refractivity contribution in [1.82, 2.24) is 0 Å². The first-order chi connectivity index (χ1) is 8.56. The summed E-state index contributed by atoms with van der Waals surface area (Å²) in [5, 5.41) is 25.0. The molecular weight excluding hydrogens is 240 g/mol. The number of anilines is 1. The van der Waals surface area contributed by atoms with E-state index in [2.05, 4.69) is 10.5 Å². The monoisotopic (exact) mass is 250 g/mol. The van der Waals surface area contributed by atoms with E-state index in [1.807, 2.05) is 0 Å². The molecule has 0 amide bonds. The Morgan fingerprint density at radius 2 is 2.00 bits per heavy atom. The van der Waals surface area contributed by atoms with Gasteiger partial charge in [-0.1, -0.05) is 6.08 Å². The lowest BCUT2D eigenvalue weighted by molar-refractivity contribution is -0.393. The fourth-order valence-corrected chi connectivity index (χ4v) is 1.12. The zero-order valence-corrected chi connectivity index (χ0v) is 9.44. The van der Waals surface area contributed by atoms with E-state index in [0.717, 1.165) is 6.07 Å². The lowest BCUT2D eigenvalue weighted by Gasteiger charge is -2.01. The molecule has 0 bridgehead atoms. The van der Waals surface area contributed by atoms with E-state index < -0.39 is 15.5 Å². The van der Waals surface area contributed by atoms with Gasteiger partial charge in [-0.15, -0.1) is 0 Å². The molecule has 0 aromatic heterocycles. The minimum atomic E-state index is -0.708. The molecule has 0 saturated carbocycles. The fraction of sp³-hybridized carbons (Fsp3) is 0.100. The number of nitro benzene ring substituents is 2. The second-order valence-corrected chi connectivity index (χ2v) is 3.13. The van der Waals surface area contributed by atoms with Gasteiger partial charge in [0.05, 0.1) is 15.9 Å². The predicted octanol–water partition coefficient (Wildman–Crippen LogP) is 2.48. The largest absolute Gasteiger partial charge is 0.301 e. The molecule has 0 heterocycles. The molecule has 0 aliphatic rings. The molecule has 0 fully saturated rings. The van der Waals surface area contributed by atoms with Crippen molar-refractivity contribution >= 4 is 23.3 Å².